The van der Waals surface area contributed by atoms with E-state index in [1.165, 1.54) is 0 Å². The average Bonchev–Trinajstić information content (AvgIpc) is 2.22. The summed E-state index contributed by atoms with van der Waals surface area (Å²) in [5, 5.41) is 8.46. The first kappa shape index (κ1) is 11.5. The molecule has 0 aromatic carbocycles. The van der Waals surface area contributed by atoms with E-state index >= 15 is 0 Å². The van der Waals surface area contributed by atoms with Crippen molar-refractivity contribution in [2.45, 2.75) is 13.0 Å². The van der Waals surface area contributed by atoms with Gasteiger partial charge < -0.3 is 10.8 Å². The maximum atomic E-state index is 8.46. The first-order chi connectivity index (χ1) is 7.15. The molecular formula is C13H17NO. The first-order valence-corrected chi connectivity index (χ1v) is 4.97. The second-order valence-electron chi connectivity index (χ2n) is 3.64. The van der Waals surface area contributed by atoms with E-state index < -0.39 is 0 Å². The Morgan fingerprint density at radius 3 is 2.87 bits per heavy atom. The van der Waals surface area contributed by atoms with Crippen molar-refractivity contribution in [3.63, 3.8) is 0 Å². The van der Waals surface area contributed by atoms with Gasteiger partial charge in [0.25, 0.3) is 0 Å². The molecule has 1 aliphatic carbocycles. The summed E-state index contributed by atoms with van der Waals surface area (Å²) in [4.78, 5) is 0. The van der Waals surface area contributed by atoms with Crippen molar-refractivity contribution < 1.29 is 5.11 Å². The van der Waals surface area contributed by atoms with Gasteiger partial charge in [0.1, 0.15) is 0 Å². The fraction of sp³-hybridized carbons (Fsp3) is 0.231. The summed E-state index contributed by atoms with van der Waals surface area (Å²) in [7, 11) is 0. The summed E-state index contributed by atoms with van der Waals surface area (Å²) in [6.45, 7) is 6.02. The van der Waals surface area contributed by atoms with E-state index in [0.717, 1.165) is 17.4 Å². The van der Waals surface area contributed by atoms with Gasteiger partial charge in [0.2, 0.25) is 0 Å². The van der Waals surface area contributed by atoms with Crippen LogP contribution in [0.5, 0.6) is 0 Å². The third kappa shape index (κ3) is 3.26. The van der Waals surface area contributed by atoms with Crippen LogP contribution < -0.4 is 5.73 Å². The lowest BCUT2D eigenvalue weighted by molar-refractivity contribution is 0.474. The van der Waals surface area contributed by atoms with E-state index in [1.54, 1.807) is 12.2 Å². The lowest BCUT2D eigenvalue weighted by Gasteiger charge is -2.19. The molecule has 0 aliphatic heterocycles. The van der Waals surface area contributed by atoms with Gasteiger partial charge in [-0.1, -0.05) is 43.9 Å². The molecule has 0 radical (unpaired) electrons. The first-order valence-electron chi connectivity index (χ1n) is 4.97. The van der Waals surface area contributed by atoms with Gasteiger partial charge in [-0.25, -0.2) is 0 Å². The van der Waals surface area contributed by atoms with Crippen LogP contribution in [0.4, 0.5) is 0 Å². The standard InChI is InChI=1S/C13H17NO/c1-10(5-3-4-8-15)12-7-6-11(2)13(14)9-12/h3-9,11,13,15H,1,14H2,2H3/b5-3-,8-4-. The lowest BCUT2D eigenvalue weighted by atomic mass is 9.91. The van der Waals surface area contributed by atoms with Crippen LogP contribution in [-0.4, -0.2) is 11.1 Å². The van der Waals surface area contributed by atoms with E-state index in [-0.39, 0.29) is 6.04 Å². The molecule has 1 aliphatic rings. The molecule has 15 heavy (non-hydrogen) atoms. The largest absolute Gasteiger partial charge is 0.516 e. The third-order valence-electron chi connectivity index (χ3n) is 2.42. The number of hydrogen-bond donors (Lipinski definition) is 2. The van der Waals surface area contributed by atoms with Crippen molar-refractivity contribution in [3.8, 4) is 0 Å². The molecule has 0 bridgehead atoms. The molecule has 0 aromatic heterocycles. The summed E-state index contributed by atoms with van der Waals surface area (Å²) < 4.78 is 0. The number of rotatable bonds is 3. The van der Waals surface area contributed by atoms with Crippen LogP contribution in [0.15, 0.2) is 60.4 Å². The Morgan fingerprint density at radius 2 is 2.27 bits per heavy atom. The molecule has 0 aromatic rings. The zero-order valence-corrected chi connectivity index (χ0v) is 8.93. The van der Waals surface area contributed by atoms with Gasteiger partial charge in [0.05, 0.1) is 6.26 Å². The molecule has 0 amide bonds. The second-order valence-corrected chi connectivity index (χ2v) is 3.64. The predicted molar refractivity (Wildman–Crippen MR) is 64.4 cm³/mol. The molecule has 2 atom stereocenters. The minimum absolute atomic E-state index is 0.0588. The van der Waals surface area contributed by atoms with E-state index in [2.05, 4.69) is 19.6 Å². The highest BCUT2D eigenvalue weighted by Gasteiger charge is 2.12. The van der Waals surface area contributed by atoms with Crippen LogP contribution >= 0.6 is 0 Å². The van der Waals surface area contributed by atoms with Crippen LogP contribution in [0.2, 0.25) is 0 Å². The lowest BCUT2D eigenvalue weighted by Crippen LogP contribution is -2.26. The molecule has 0 spiro atoms. The highest BCUT2D eigenvalue weighted by Crippen LogP contribution is 2.20. The van der Waals surface area contributed by atoms with Gasteiger partial charge in [-0.3, -0.25) is 0 Å². The number of nitrogens with two attached hydrogens (primary N) is 1. The molecule has 2 unspecified atom stereocenters. The Labute approximate surface area is 90.8 Å². The number of aliphatic hydroxyl groups excluding tert-OH is 1. The second kappa shape index (κ2) is 5.37. The predicted octanol–water partition coefficient (Wildman–Crippen LogP) is 2.63. The molecule has 0 heterocycles. The summed E-state index contributed by atoms with van der Waals surface area (Å²) in [6.07, 6.45) is 12.2. The summed E-state index contributed by atoms with van der Waals surface area (Å²) in [5.41, 5.74) is 7.85. The minimum atomic E-state index is 0.0588. The molecule has 0 fully saturated rings. The fourth-order valence-corrected chi connectivity index (χ4v) is 1.33. The fourth-order valence-electron chi connectivity index (χ4n) is 1.33. The van der Waals surface area contributed by atoms with Crippen LogP contribution in [0.25, 0.3) is 0 Å². The van der Waals surface area contributed by atoms with Gasteiger partial charge in [-0.2, -0.15) is 0 Å². The van der Waals surface area contributed by atoms with Gasteiger partial charge in [-0.15, -0.1) is 0 Å². The molecule has 0 saturated carbocycles. The zero-order valence-electron chi connectivity index (χ0n) is 8.93. The smallest absolute Gasteiger partial charge is 0.0791 e. The SMILES string of the molecule is C=C(/C=C\C=C/O)C1=CC(N)C(C)C=C1. The number of hydrogen-bond acceptors (Lipinski definition) is 2. The zero-order chi connectivity index (χ0) is 11.3. The van der Waals surface area contributed by atoms with E-state index in [9.17, 15) is 0 Å². The maximum Gasteiger partial charge on any atom is 0.0791 e. The third-order valence-corrected chi connectivity index (χ3v) is 2.42. The Balaban J connectivity index is 2.70. The van der Waals surface area contributed by atoms with Crippen molar-refractivity contribution in [1.29, 1.82) is 0 Å². The quantitative estimate of drug-likeness (QED) is 0.547. The normalized spacial score (nSPS) is 26.1. The Hall–Kier alpha value is -1.54. The van der Waals surface area contributed by atoms with Gasteiger partial charge in [0.15, 0.2) is 0 Å². The molecule has 1 rings (SSSR count). The highest BCUT2D eigenvalue weighted by molar-refractivity contribution is 5.47. The molecule has 80 valence electrons. The number of aliphatic hydroxyl groups is 1. The van der Waals surface area contributed by atoms with E-state index in [1.807, 2.05) is 18.2 Å². The van der Waals surface area contributed by atoms with Crippen molar-refractivity contribution in [2.75, 3.05) is 0 Å². The van der Waals surface area contributed by atoms with E-state index in [0.29, 0.717) is 5.92 Å². The van der Waals surface area contributed by atoms with Crippen molar-refractivity contribution >= 4 is 0 Å². The minimum Gasteiger partial charge on any atom is -0.516 e. The average molecular weight is 203 g/mol. The summed E-state index contributed by atoms with van der Waals surface area (Å²) in [6, 6.07) is 0.0588. The Bertz CT molecular complexity index is 348. The monoisotopic (exact) mass is 203 g/mol. The van der Waals surface area contributed by atoms with E-state index in [4.69, 9.17) is 10.8 Å². The Kier molecular flexibility index (Phi) is 4.13. The van der Waals surface area contributed by atoms with Gasteiger partial charge in [-0.05, 0) is 23.1 Å². The highest BCUT2D eigenvalue weighted by atomic mass is 16.2. The van der Waals surface area contributed by atoms with Gasteiger partial charge in [0, 0.05) is 6.04 Å². The van der Waals surface area contributed by atoms with Crippen molar-refractivity contribution in [1.82, 2.24) is 0 Å². The molecule has 3 N–H and O–H groups in total. The molecule has 0 saturated heterocycles. The molecule has 2 nitrogen and oxygen atoms in total. The van der Waals surface area contributed by atoms with Crippen LogP contribution in [0.1, 0.15) is 6.92 Å². The topological polar surface area (TPSA) is 46.2 Å². The van der Waals surface area contributed by atoms with Crippen molar-refractivity contribution in [3.05, 3.63) is 60.4 Å². The van der Waals surface area contributed by atoms with Crippen molar-refractivity contribution in [2.24, 2.45) is 11.7 Å². The maximum absolute atomic E-state index is 8.46. The summed E-state index contributed by atoms with van der Waals surface area (Å²) in [5.74, 6) is 0.378. The van der Waals surface area contributed by atoms with Gasteiger partial charge >= 0.3 is 0 Å². The Morgan fingerprint density at radius 1 is 1.53 bits per heavy atom. The number of allylic oxidation sites excluding steroid dienone is 6. The van der Waals surface area contributed by atoms with Crippen LogP contribution in [0, 0.1) is 5.92 Å². The molecule has 2 heteroatoms. The summed E-state index contributed by atoms with van der Waals surface area (Å²) >= 11 is 0. The van der Waals surface area contributed by atoms with Crippen LogP contribution in [0.3, 0.4) is 0 Å². The van der Waals surface area contributed by atoms with Crippen LogP contribution in [-0.2, 0) is 0 Å². The molecular weight excluding hydrogens is 186 g/mol.